The van der Waals surface area contributed by atoms with Gasteiger partial charge in [-0.1, -0.05) is 65.7 Å². The number of imide groups is 1. The van der Waals surface area contributed by atoms with E-state index < -0.39 is 17.8 Å². The quantitative estimate of drug-likeness (QED) is 0.607. The Kier molecular flexibility index (Phi) is 5.07. The fourth-order valence-corrected chi connectivity index (χ4v) is 3.22. The van der Waals surface area contributed by atoms with E-state index in [1.54, 1.807) is 12.1 Å². The summed E-state index contributed by atoms with van der Waals surface area (Å²) in [5, 5.41) is 0.540. The van der Waals surface area contributed by atoms with E-state index in [0.717, 1.165) is 11.3 Å². The van der Waals surface area contributed by atoms with Crippen LogP contribution in [-0.4, -0.2) is 29.4 Å². The van der Waals surface area contributed by atoms with Gasteiger partial charge in [0.25, 0.3) is 11.8 Å². The van der Waals surface area contributed by atoms with Gasteiger partial charge in [0, 0.05) is 12.2 Å². The van der Waals surface area contributed by atoms with Crippen LogP contribution in [0.25, 0.3) is 0 Å². The molecule has 0 aliphatic carbocycles. The number of para-hydroxylation sites is 1. The molecule has 2 amide bonds. The third-order valence-corrected chi connectivity index (χ3v) is 4.61. The largest absolute Gasteiger partial charge is 0.356 e. The van der Waals surface area contributed by atoms with Gasteiger partial charge >= 0.3 is 5.97 Å². The number of hydrogen-bond acceptors (Lipinski definition) is 5. The van der Waals surface area contributed by atoms with Crippen LogP contribution in [0.3, 0.4) is 0 Å². The summed E-state index contributed by atoms with van der Waals surface area (Å²) >= 11 is 0. The van der Waals surface area contributed by atoms with E-state index in [-0.39, 0.29) is 17.7 Å². The number of hydrogen-bond donors (Lipinski definition) is 0. The predicted molar refractivity (Wildman–Crippen MR) is 107 cm³/mol. The summed E-state index contributed by atoms with van der Waals surface area (Å²) in [5.74, 6) is -1.96. The molecule has 6 heteroatoms. The van der Waals surface area contributed by atoms with Crippen LogP contribution in [0.5, 0.6) is 0 Å². The predicted octanol–water partition coefficient (Wildman–Crippen LogP) is 3.45. The highest BCUT2D eigenvalue weighted by Gasteiger charge is 2.38. The third kappa shape index (κ3) is 3.87. The van der Waals surface area contributed by atoms with Crippen molar-refractivity contribution < 1.29 is 19.2 Å². The van der Waals surface area contributed by atoms with Gasteiger partial charge in [-0.25, -0.2) is 4.79 Å². The van der Waals surface area contributed by atoms with Gasteiger partial charge in [-0.2, -0.15) is 0 Å². The monoisotopic (exact) mass is 386 g/mol. The Balaban J connectivity index is 1.50. The minimum absolute atomic E-state index is 0.119. The molecule has 1 heterocycles. The summed E-state index contributed by atoms with van der Waals surface area (Å²) in [6.07, 6.45) is 0. The van der Waals surface area contributed by atoms with E-state index in [0.29, 0.717) is 11.6 Å². The molecule has 4 rings (SSSR count). The van der Waals surface area contributed by atoms with Crippen molar-refractivity contribution in [3.63, 3.8) is 0 Å². The van der Waals surface area contributed by atoms with E-state index in [1.807, 2.05) is 65.6 Å². The van der Waals surface area contributed by atoms with Gasteiger partial charge < -0.3 is 9.74 Å². The Bertz CT molecular complexity index is 1020. The summed E-state index contributed by atoms with van der Waals surface area (Å²) in [6, 6.07) is 25.5. The van der Waals surface area contributed by atoms with E-state index in [9.17, 15) is 14.4 Å². The molecule has 0 spiro atoms. The maximum atomic E-state index is 12.6. The molecule has 0 aromatic heterocycles. The average molecular weight is 386 g/mol. The zero-order valence-electron chi connectivity index (χ0n) is 15.5. The summed E-state index contributed by atoms with van der Waals surface area (Å²) in [6.45, 7) is 0.356. The second-order valence-corrected chi connectivity index (χ2v) is 6.59. The highest BCUT2D eigenvalue weighted by molar-refractivity contribution is 6.20. The first-order valence-corrected chi connectivity index (χ1v) is 9.16. The summed E-state index contributed by atoms with van der Waals surface area (Å²) < 4.78 is 0. The number of rotatable bonds is 6. The zero-order chi connectivity index (χ0) is 20.2. The first-order chi connectivity index (χ1) is 14.1. The molecule has 0 unspecified atom stereocenters. The molecule has 144 valence electrons. The van der Waals surface area contributed by atoms with Crippen molar-refractivity contribution in [3.05, 3.63) is 102 Å². The molecule has 0 fully saturated rings. The highest BCUT2D eigenvalue weighted by atomic mass is 16.7. The fourth-order valence-electron chi connectivity index (χ4n) is 3.22. The lowest BCUT2D eigenvalue weighted by Gasteiger charge is -2.24. The lowest BCUT2D eigenvalue weighted by Crippen LogP contribution is -2.38. The number of amides is 2. The molecule has 29 heavy (non-hydrogen) atoms. The summed E-state index contributed by atoms with van der Waals surface area (Å²) in [7, 11) is 0. The molecule has 6 nitrogen and oxygen atoms in total. The Labute approximate surface area is 167 Å². The lowest BCUT2D eigenvalue weighted by molar-refractivity contribution is -0.166. The van der Waals surface area contributed by atoms with Gasteiger partial charge in [0.2, 0.25) is 0 Å². The Morgan fingerprint density at radius 2 is 1.28 bits per heavy atom. The van der Waals surface area contributed by atoms with Crippen LogP contribution < -0.4 is 4.90 Å². The van der Waals surface area contributed by atoms with E-state index in [1.165, 1.54) is 12.1 Å². The minimum Gasteiger partial charge on any atom is -0.356 e. The molecule has 0 N–H and O–H groups in total. The van der Waals surface area contributed by atoms with Gasteiger partial charge in [0.05, 0.1) is 11.1 Å². The second kappa shape index (κ2) is 7.98. The molecule has 0 bridgehead atoms. The summed E-state index contributed by atoms with van der Waals surface area (Å²) in [4.78, 5) is 44.4. The maximum Gasteiger partial charge on any atom is 0.352 e. The van der Waals surface area contributed by atoms with Crippen LogP contribution >= 0.6 is 0 Å². The van der Waals surface area contributed by atoms with Crippen LogP contribution in [-0.2, 0) is 16.2 Å². The standard InChI is InChI=1S/C23H18N2O4/c26-21(29-25-22(27)19-13-7-8-14-20(19)23(25)28)16-24(18-11-5-2-6-12-18)15-17-9-3-1-4-10-17/h1-14H,15-16H2. The number of carbonyl (C=O) groups is 3. The Hall–Kier alpha value is -3.93. The van der Waals surface area contributed by atoms with Gasteiger partial charge in [0.1, 0.15) is 6.54 Å². The van der Waals surface area contributed by atoms with Crippen molar-refractivity contribution in [1.82, 2.24) is 5.06 Å². The van der Waals surface area contributed by atoms with Crippen molar-refractivity contribution in [2.75, 3.05) is 11.4 Å². The van der Waals surface area contributed by atoms with Crippen molar-refractivity contribution in [3.8, 4) is 0 Å². The molecular formula is C23H18N2O4. The first-order valence-electron chi connectivity index (χ1n) is 9.16. The molecule has 0 atom stereocenters. The number of hydroxylamine groups is 2. The number of nitrogens with zero attached hydrogens (tertiary/aromatic N) is 2. The van der Waals surface area contributed by atoms with Crippen LogP contribution in [0.2, 0.25) is 0 Å². The lowest BCUT2D eigenvalue weighted by atomic mass is 10.1. The average Bonchev–Trinajstić information content (AvgIpc) is 3.00. The highest BCUT2D eigenvalue weighted by Crippen LogP contribution is 2.23. The van der Waals surface area contributed by atoms with Gasteiger partial charge in [-0.3, -0.25) is 9.59 Å². The topological polar surface area (TPSA) is 66.9 Å². The number of benzene rings is 3. The SMILES string of the molecule is O=C(CN(Cc1ccccc1)c1ccccc1)ON1C(=O)c2ccccc2C1=O. The normalized spacial score (nSPS) is 12.6. The number of fused-ring (bicyclic) bond motifs is 1. The Morgan fingerprint density at radius 1 is 0.759 bits per heavy atom. The van der Waals surface area contributed by atoms with Gasteiger partial charge in [0.15, 0.2) is 0 Å². The first kappa shape index (κ1) is 18.4. The van der Waals surface area contributed by atoms with E-state index in [2.05, 4.69) is 0 Å². The van der Waals surface area contributed by atoms with Gasteiger partial charge in [-0.05, 0) is 29.8 Å². The molecular weight excluding hydrogens is 368 g/mol. The molecule has 0 saturated carbocycles. The summed E-state index contributed by atoms with van der Waals surface area (Å²) in [5.41, 5.74) is 2.31. The van der Waals surface area contributed by atoms with Crippen LogP contribution in [0.4, 0.5) is 5.69 Å². The molecule has 0 saturated heterocycles. The minimum atomic E-state index is -0.695. The van der Waals surface area contributed by atoms with Crippen molar-refractivity contribution >= 4 is 23.5 Å². The van der Waals surface area contributed by atoms with Crippen molar-refractivity contribution in [2.24, 2.45) is 0 Å². The van der Waals surface area contributed by atoms with Crippen LogP contribution in [0.1, 0.15) is 26.3 Å². The Morgan fingerprint density at radius 3 is 1.86 bits per heavy atom. The molecule has 3 aromatic carbocycles. The third-order valence-electron chi connectivity index (χ3n) is 4.61. The molecule has 0 radical (unpaired) electrons. The van der Waals surface area contributed by atoms with E-state index in [4.69, 9.17) is 4.84 Å². The smallest absolute Gasteiger partial charge is 0.352 e. The number of anilines is 1. The van der Waals surface area contributed by atoms with Crippen LogP contribution in [0, 0.1) is 0 Å². The van der Waals surface area contributed by atoms with Crippen molar-refractivity contribution in [1.29, 1.82) is 0 Å². The fraction of sp³-hybridized carbons (Fsp3) is 0.0870. The molecule has 1 aliphatic heterocycles. The maximum absolute atomic E-state index is 12.6. The van der Waals surface area contributed by atoms with Crippen LogP contribution in [0.15, 0.2) is 84.9 Å². The van der Waals surface area contributed by atoms with Crippen molar-refractivity contribution in [2.45, 2.75) is 6.54 Å². The zero-order valence-corrected chi connectivity index (χ0v) is 15.5. The molecule has 1 aliphatic rings. The number of carbonyl (C=O) groups excluding carboxylic acids is 3. The van der Waals surface area contributed by atoms with E-state index >= 15 is 0 Å². The van der Waals surface area contributed by atoms with Gasteiger partial charge in [-0.15, -0.1) is 0 Å². The molecule has 3 aromatic rings. The second-order valence-electron chi connectivity index (χ2n) is 6.59.